The molecule has 0 spiro atoms. The number of nitrogens with zero attached hydrogens (tertiary/aromatic N) is 1. The van der Waals surface area contributed by atoms with E-state index in [0.717, 1.165) is 0 Å². The first-order valence-corrected chi connectivity index (χ1v) is 20.3. The Morgan fingerprint density at radius 2 is 0.804 bits per heavy atom. The molecule has 0 radical (unpaired) electrons. The molecule has 10 aromatic rings. The molecule has 0 aliphatic carbocycles. The second-order valence-electron chi connectivity index (χ2n) is 13.3. The molecule has 10 rings (SSSR count). The minimum absolute atomic E-state index is 1.18. The molecule has 0 aliphatic rings. The highest BCUT2D eigenvalue weighted by Gasteiger charge is 2.41. The molecule has 8 aromatic carbocycles. The van der Waals surface area contributed by atoms with Gasteiger partial charge in [-0.15, -0.1) is 11.3 Å². The summed E-state index contributed by atoms with van der Waals surface area (Å²) in [7, 11) is -2.64. The zero-order chi connectivity index (χ0) is 33.8. The van der Waals surface area contributed by atoms with Crippen molar-refractivity contribution in [3.8, 4) is 16.8 Å². The molecule has 0 saturated carbocycles. The molecule has 0 aliphatic heterocycles. The molecule has 3 heteroatoms. The maximum atomic E-state index is 2.52. The van der Waals surface area contributed by atoms with Crippen LogP contribution in [0.4, 0.5) is 0 Å². The lowest BCUT2D eigenvalue weighted by Gasteiger charge is -2.34. The zero-order valence-electron chi connectivity index (χ0n) is 27.9. The van der Waals surface area contributed by atoms with E-state index in [4.69, 9.17) is 0 Å². The minimum Gasteiger partial charge on any atom is -0.309 e. The van der Waals surface area contributed by atoms with Gasteiger partial charge in [-0.25, -0.2) is 0 Å². The van der Waals surface area contributed by atoms with Gasteiger partial charge < -0.3 is 4.57 Å². The summed E-state index contributed by atoms with van der Waals surface area (Å²) in [5, 5.41) is 10.8. The fraction of sp³-hybridized carbons (Fsp3) is 0. The number of hydrogen-bond acceptors (Lipinski definition) is 1. The molecule has 240 valence electrons. The van der Waals surface area contributed by atoms with E-state index >= 15 is 0 Å². The Morgan fingerprint density at radius 1 is 0.333 bits per heavy atom. The highest BCUT2D eigenvalue weighted by molar-refractivity contribution is 7.26. The average Bonchev–Trinajstić information content (AvgIpc) is 3.74. The van der Waals surface area contributed by atoms with Crippen LogP contribution in [0, 0.1) is 0 Å². The van der Waals surface area contributed by atoms with Gasteiger partial charge in [-0.2, -0.15) is 0 Å². The quantitative estimate of drug-likeness (QED) is 0.121. The van der Waals surface area contributed by atoms with Crippen molar-refractivity contribution >= 4 is 82.1 Å². The van der Waals surface area contributed by atoms with Gasteiger partial charge in [0.25, 0.3) is 0 Å². The Hall–Kier alpha value is -6.00. The van der Waals surface area contributed by atoms with E-state index in [9.17, 15) is 0 Å². The second-order valence-corrected chi connectivity index (χ2v) is 18.2. The van der Waals surface area contributed by atoms with E-state index in [0.29, 0.717) is 0 Å². The van der Waals surface area contributed by atoms with Crippen molar-refractivity contribution in [2.75, 3.05) is 0 Å². The van der Waals surface area contributed by atoms with Crippen LogP contribution >= 0.6 is 11.3 Å². The van der Waals surface area contributed by atoms with E-state index in [1.165, 1.54) is 79.5 Å². The lowest BCUT2D eigenvalue weighted by atomic mass is 10.0. The third kappa shape index (κ3) is 4.74. The number of thiophene rings is 1. The normalized spacial score (nSPS) is 11.9. The molecular formula is C48H33NSSi. The van der Waals surface area contributed by atoms with Crippen molar-refractivity contribution in [3.63, 3.8) is 0 Å². The Labute approximate surface area is 302 Å². The predicted octanol–water partition coefficient (Wildman–Crippen LogP) is 10.2. The summed E-state index contributed by atoms with van der Waals surface area (Å²) in [5.41, 5.74) is 6.10. The average molecular weight is 684 g/mol. The fourth-order valence-corrected chi connectivity index (χ4v) is 14.1. The summed E-state index contributed by atoms with van der Waals surface area (Å²) in [6.07, 6.45) is 0. The summed E-state index contributed by atoms with van der Waals surface area (Å²) < 4.78 is 5.02. The van der Waals surface area contributed by atoms with Gasteiger partial charge in [0.05, 0.1) is 11.0 Å². The van der Waals surface area contributed by atoms with Crippen LogP contribution in [0.15, 0.2) is 200 Å². The number of aromatic nitrogens is 1. The Balaban J connectivity index is 1.18. The van der Waals surface area contributed by atoms with Crippen LogP contribution in [-0.2, 0) is 0 Å². The van der Waals surface area contributed by atoms with Gasteiger partial charge in [-0.05, 0) is 80.4 Å². The highest BCUT2D eigenvalue weighted by atomic mass is 32.1. The molecule has 0 amide bonds. The molecule has 2 aromatic heterocycles. The Morgan fingerprint density at radius 3 is 1.43 bits per heavy atom. The summed E-state index contributed by atoms with van der Waals surface area (Å²) in [6.45, 7) is 0. The van der Waals surface area contributed by atoms with Crippen LogP contribution in [0.5, 0.6) is 0 Å². The molecule has 0 bridgehead atoms. The van der Waals surface area contributed by atoms with Gasteiger partial charge >= 0.3 is 0 Å². The lowest BCUT2D eigenvalue weighted by molar-refractivity contribution is 1.18. The number of rotatable bonds is 6. The van der Waals surface area contributed by atoms with E-state index in [1.807, 2.05) is 11.3 Å². The molecule has 0 fully saturated rings. The van der Waals surface area contributed by atoms with Gasteiger partial charge in [0.1, 0.15) is 0 Å². The van der Waals surface area contributed by atoms with Gasteiger partial charge in [0.2, 0.25) is 0 Å². The maximum Gasteiger partial charge on any atom is 0.179 e. The van der Waals surface area contributed by atoms with Crippen LogP contribution in [0.3, 0.4) is 0 Å². The van der Waals surface area contributed by atoms with Crippen molar-refractivity contribution < 1.29 is 0 Å². The number of para-hydroxylation sites is 2. The summed E-state index contributed by atoms with van der Waals surface area (Å²) in [6, 6.07) is 74.4. The van der Waals surface area contributed by atoms with Crippen molar-refractivity contribution in [2.45, 2.75) is 0 Å². The molecule has 0 saturated heterocycles. The van der Waals surface area contributed by atoms with Gasteiger partial charge in [-0.3, -0.25) is 0 Å². The maximum absolute atomic E-state index is 2.64. The third-order valence-electron chi connectivity index (χ3n) is 10.5. The smallest absolute Gasteiger partial charge is 0.179 e. The minimum atomic E-state index is -2.64. The van der Waals surface area contributed by atoms with E-state index in [-0.39, 0.29) is 0 Å². The number of hydrogen-bond donors (Lipinski definition) is 0. The van der Waals surface area contributed by atoms with Crippen molar-refractivity contribution in [1.29, 1.82) is 0 Å². The largest absolute Gasteiger partial charge is 0.309 e. The van der Waals surface area contributed by atoms with E-state index < -0.39 is 8.07 Å². The van der Waals surface area contributed by atoms with E-state index in [2.05, 4.69) is 205 Å². The van der Waals surface area contributed by atoms with Crippen LogP contribution in [0.2, 0.25) is 0 Å². The van der Waals surface area contributed by atoms with Crippen LogP contribution in [0.1, 0.15) is 0 Å². The SMILES string of the molecule is c1ccc(-n2c3ccccc3c3cc(-c4ccc5sc6ccc([Si](c7ccccc7)(c7ccccc7)c7ccccc7)cc6c5c4)ccc32)cc1. The standard InChI is InChI=1S/C48H33NSSi/c1-5-15-36(16-6-1)49-45-24-14-13-23-41(45)42-31-34(25-28-46(42)49)35-26-29-47-43(32-35)44-33-40(27-30-48(44)50-47)51(37-17-7-2-8-18-37,38-19-9-3-10-20-38)39-21-11-4-12-22-39/h1-33H. The summed E-state index contributed by atoms with van der Waals surface area (Å²) in [4.78, 5) is 0. The van der Waals surface area contributed by atoms with Gasteiger partial charge in [0, 0.05) is 36.6 Å². The zero-order valence-corrected chi connectivity index (χ0v) is 29.7. The van der Waals surface area contributed by atoms with Crippen LogP contribution < -0.4 is 20.7 Å². The Kier molecular flexibility index (Phi) is 7.09. The third-order valence-corrected chi connectivity index (χ3v) is 16.5. The molecule has 0 unspecified atom stereocenters. The summed E-state index contributed by atoms with van der Waals surface area (Å²) in [5.74, 6) is 0. The first kappa shape index (κ1) is 29.9. The fourth-order valence-electron chi connectivity index (χ4n) is 8.26. The van der Waals surface area contributed by atoms with Crippen molar-refractivity contribution in [2.24, 2.45) is 0 Å². The van der Waals surface area contributed by atoms with Gasteiger partial charge in [0.15, 0.2) is 8.07 Å². The Bertz CT molecular complexity index is 2740. The topological polar surface area (TPSA) is 4.93 Å². The summed E-state index contributed by atoms with van der Waals surface area (Å²) >= 11 is 1.89. The molecule has 0 N–H and O–H groups in total. The second kappa shape index (κ2) is 12.1. The van der Waals surface area contributed by atoms with E-state index in [1.54, 1.807) is 0 Å². The van der Waals surface area contributed by atoms with Gasteiger partial charge in [-0.1, -0.05) is 152 Å². The molecule has 0 atom stereocenters. The van der Waals surface area contributed by atoms with Crippen molar-refractivity contribution in [1.82, 2.24) is 4.57 Å². The molecule has 2 heterocycles. The molecule has 51 heavy (non-hydrogen) atoms. The van der Waals surface area contributed by atoms with Crippen LogP contribution in [0.25, 0.3) is 58.8 Å². The first-order chi connectivity index (χ1) is 25.3. The monoisotopic (exact) mass is 683 g/mol. The molecular weight excluding hydrogens is 651 g/mol. The predicted molar refractivity (Wildman–Crippen MR) is 223 cm³/mol. The number of benzene rings is 8. The van der Waals surface area contributed by atoms with Crippen LogP contribution in [-0.4, -0.2) is 12.6 Å². The number of fused-ring (bicyclic) bond motifs is 6. The first-order valence-electron chi connectivity index (χ1n) is 17.5. The molecule has 1 nitrogen and oxygen atoms in total. The highest BCUT2D eigenvalue weighted by Crippen LogP contribution is 2.39. The lowest BCUT2D eigenvalue weighted by Crippen LogP contribution is -2.74. The van der Waals surface area contributed by atoms with Crippen molar-refractivity contribution in [3.05, 3.63) is 200 Å².